The lowest BCUT2D eigenvalue weighted by Crippen LogP contribution is -1.89. The summed E-state index contributed by atoms with van der Waals surface area (Å²) in [6.45, 7) is 0. The van der Waals surface area contributed by atoms with Gasteiger partial charge in [0.1, 0.15) is 15.0 Å². The van der Waals surface area contributed by atoms with Crippen molar-refractivity contribution in [1.29, 1.82) is 0 Å². The van der Waals surface area contributed by atoms with Crippen molar-refractivity contribution in [3.63, 3.8) is 0 Å². The molecule has 2 rings (SSSR count). The molecule has 0 aliphatic carbocycles. The van der Waals surface area contributed by atoms with E-state index >= 15 is 0 Å². The maximum Gasteiger partial charge on any atom is 0.141 e. The van der Waals surface area contributed by atoms with E-state index < -0.39 is 0 Å². The minimum atomic E-state index is 0.283. The molecule has 0 atom stereocenters. The van der Waals surface area contributed by atoms with Crippen molar-refractivity contribution in [3.8, 4) is 5.75 Å². The zero-order valence-electron chi connectivity index (χ0n) is 6.45. The van der Waals surface area contributed by atoms with Gasteiger partial charge in [-0.05, 0) is 34.7 Å². The number of rotatable bonds is 0. The summed E-state index contributed by atoms with van der Waals surface area (Å²) in [7, 11) is 1.82. The largest absolute Gasteiger partial charge is 0.506 e. The summed E-state index contributed by atoms with van der Waals surface area (Å²) in [5.41, 5.74) is 0.793. The van der Waals surface area contributed by atoms with Crippen LogP contribution in [0.25, 0.3) is 10.9 Å². The highest BCUT2D eigenvalue weighted by atomic mass is 127. The van der Waals surface area contributed by atoms with Crippen molar-refractivity contribution in [3.05, 3.63) is 21.9 Å². The molecule has 62 valence electrons. The van der Waals surface area contributed by atoms with Gasteiger partial charge in [0.05, 0.1) is 0 Å². The molecule has 0 aliphatic rings. The molecule has 0 aliphatic heterocycles. The summed E-state index contributed by atoms with van der Waals surface area (Å²) >= 11 is 2.15. The molecule has 12 heavy (non-hydrogen) atoms. The van der Waals surface area contributed by atoms with E-state index in [1.165, 1.54) is 0 Å². The van der Waals surface area contributed by atoms with Gasteiger partial charge in [0.15, 0.2) is 0 Å². The first-order valence-electron chi connectivity index (χ1n) is 3.50. The van der Waals surface area contributed by atoms with Crippen molar-refractivity contribution >= 4 is 33.5 Å². The Balaban J connectivity index is 2.99. The Hall–Kier alpha value is -0.780. The van der Waals surface area contributed by atoms with Crippen LogP contribution >= 0.6 is 22.6 Å². The van der Waals surface area contributed by atoms with Crippen molar-refractivity contribution in [2.75, 3.05) is 0 Å². The predicted molar refractivity (Wildman–Crippen MR) is 55.1 cm³/mol. The summed E-state index contributed by atoms with van der Waals surface area (Å²) in [5.74, 6) is 0.283. The summed E-state index contributed by atoms with van der Waals surface area (Å²) in [6.07, 6.45) is 0. The number of aromatic hydroxyl groups is 1. The number of aryl methyl sites for hydroxylation is 1. The van der Waals surface area contributed by atoms with E-state index in [4.69, 9.17) is 0 Å². The van der Waals surface area contributed by atoms with Gasteiger partial charge >= 0.3 is 0 Å². The molecule has 0 saturated carbocycles. The molecule has 0 bridgehead atoms. The average Bonchev–Trinajstić information content (AvgIpc) is 2.29. The van der Waals surface area contributed by atoms with Crippen LogP contribution in [-0.2, 0) is 7.05 Å². The van der Waals surface area contributed by atoms with Crippen LogP contribution in [0.15, 0.2) is 18.2 Å². The van der Waals surface area contributed by atoms with Crippen LogP contribution in [0.1, 0.15) is 0 Å². The Morgan fingerprint density at radius 3 is 2.92 bits per heavy atom. The molecular weight excluding hydrogens is 267 g/mol. The molecule has 1 aromatic carbocycles. The maximum absolute atomic E-state index is 9.50. The lowest BCUT2D eigenvalue weighted by atomic mass is 10.2. The monoisotopic (exact) mass is 274 g/mol. The van der Waals surface area contributed by atoms with Gasteiger partial charge in [0.25, 0.3) is 0 Å². The molecule has 1 aromatic heterocycles. The number of hydrogen-bond donors (Lipinski definition) is 1. The molecule has 3 nitrogen and oxygen atoms in total. The van der Waals surface area contributed by atoms with Gasteiger partial charge in [-0.2, -0.15) is 5.10 Å². The molecule has 1 N–H and O–H groups in total. The van der Waals surface area contributed by atoms with Gasteiger partial charge in [-0.1, -0.05) is 6.07 Å². The van der Waals surface area contributed by atoms with Crippen molar-refractivity contribution < 1.29 is 5.11 Å². The molecule has 0 amide bonds. The van der Waals surface area contributed by atoms with E-state index in [1.807, 2.05) is 19.2 Å². The predicted octanol–water partition coefficient (Wildman–Crippen LogP) is 1.88. The van der Waals surface area contributed by atoms with E-state index in [0.29, 0.717) is 0 Å². The fraction of sp³-hybridized carbons (Fsp3) is 0.125. The highest BCUT2D eigenvalue weighted by Crippen LogP contribution is 2.26. The van der Waals surface area contributed by atoms with E-state index in [1.54, 1.807) is 10.7 Å². The van der Waals surface area contributed by atoms with Crippen LogP contribution in [0.5, 0.6) is 5.75 Å². The molecule has 0 radical (unpaired) electrons. The van der Waals surface area contributed by atoms with Gasteiger partial charge in [-0.15, -0.1) is 0 Å². The number of hydrogen-bond acceptors (Lipinski definition) is 2. The second-order valence-electron chi connectivity index (χ2n) is 2.59. The number of para-hydroxylation sites is 1. The second-order valence-corrected chi connectivity index (χ2v) is 3.61. The van der Waals surface area contributed by atoms with Crippen LogP contribution in [0.4, 0.5) is 0 Å². The first-order valence-corrected chi connectivity index (χ1v) is 4.58. The topological polar surface area (TPSA) is 38.0 Å². The van der Waals surface area contributed by atoms with Crippen LogP contribution in [-0.4, -0.2) is 14.9 Å². The van der Waals surface area contributed by atoms with Gasteiger partial charge < -0.3 is 5.11 Å². The number of aromatic nitrogens is 2. The van der Waals surface area contributed by atoms with Crippen LogP contribution in [0, 0.1) is 3.70 Å². The maximum atomic E-state index is 9.50. The van der Waals surface area contributed by atoms with Gasteiger partial charge in [0, 0.05) is 12.4 Å². The molecule has 0 spiro atoms. The van der Waals surface area contributed by atoms with Gasteiger partial charge in [-0.25, -0.2) is 0 Å². The molecule has 0 saturated heterocycles. The Kier molecular flexibility index (Phi) is 1.71. The number of phenols is 1. The number of fused-ring (bicyclic) bond motifs is 1. The number of halogens is 1. The fourth-order valence-corrected chi connectivity index (χ4v) is 2.03. The lowest BCUT2D eigenvalue weighted by molar-refractivity contribution is 0.478. The first kappa shape index (κ1) is 7.85. The molecule has 2 aromatic rings. The normalized spacial score (nSPS) is 10.8. The molecule has 0 fully saturated rings. The summed E-state index contributed by atoms with van der Waals surface area (Å²) in [6, 6.07) is 5.44. The van der Waals surface area contributed by atoms with Crippen LogP contribution in [0.2, 0.25) is 0 Å². The molecule has 0 unspecified atom stereocenters. The van der Waals surface area contributed by atoms with Crippen LogP contribution < -0.4 is 0 Å². The highest BCUT2D eigenvalue weighted by molar-refractivity contribution is 14.1. The molecule has 4 heteroatoms. The Bertz CT molecular complexity index is 436. The van der Waals surface area contributed by atoms with Crippen LogP contribution in [0.3, 0.4) is 0 Å². The summed E-state index contributed by atoms with van der Waals surface area (Å²) in [4.78, 5) is 0. The third kappa shape index (κ3) is 0.979. The summed E-state index contributed by atoms with van der Waals surface area (Å²) in [5, 5.41) is 14.7. The van der Waals surface area contributed by atoms with E-state index in [9.17, 15) is 5.11 Å². The third-order valence-corrected chi connectivity index (χ3v) is 2.60. The Morgan fingerprint density at radius 2 is 2.25 bits per heavy atom. The standard InChI is InChI=1S/C8H7IN2O/c1-11-7-5(8(9)10-11)3-2-4-6(7)12/h2-4,12H,1H3. The quantitative estimate of drug-likeness (QED) is 0.745. The van der Waals surface area contributed by atoms with Crippen molar-refractivity contribution in [1.82, 2.24) is 9.78 Å². The zero-order chi connectivity index (χ0) is 8.72. The van der Waals surface area contributed by atoms with Crippen molar-refractivity contribution in [2.45, 2.75) is 0 Å². The highest BCUT2D eigenvalue weighted by Gasteiger charge is 2.08. The van der Waals surface area contributed by atoms with E-state index in [-0.39, 0.29) is 5.75 Å². The third-order valence-electron chi connectivity index (χ3n) is 1.80. The fourth-order valence-electron chi connectivity index (χ4n) is 1.27. The van der Waals surface area contributed by atoms with Gasteiger partial charge in [0.2, 0.25) is 0 Å². The summed E-state index contributed by atoms with van der Waals surface area (Å²) < 4.78 is 2.60. The first-order chi connectivity index (χ1) is 5.70. The number of phenolic OH excluding ortho intramolecular Hbond substituents is 1. The Labute approximate surface area is 83.1 Å². The smallest absolute Gasteiger partial charge is 0.141 e. The van der Waals surface area contributed by atoms with E-state index in [2.05, 4.69) is 27.7 Å². The second kappa shape index (κ2) is 2.62. The zero-order valence-corrected chi connectivity index (χ0v) is 8.61. The lowest BCUT2D eigenvalue weighted by Gasteiger charge is -1.95. The van der Waals surface area contributed by atoms with E-state index in [0.717, 1.165) is 14.6 Å². The number of benzene rings is 1. The number of nitrogens with zero attached hydrogens (tertiary/aromatic N) is 2. The van der Waals surface area contributed by atoms with Crippen molar-refractivity contribution in [2.24, 2.45) is 7.05 Å². The van der Waals surface area contributed by atoms with Gasteiger partial charge in [-0.3, -0.25) is 4.68 Å². The Morgan fingerprint density at radius 1 is 1.50 bits per heavy atom. The SMILES string of the molecule is Cn1nc(I)c2cccc(O)c21. The molecular formula is C8H7IN2O. The minimum Gasteiger partial charge on any atom is -0.506 e. The minimum absolute atomic E-state index is 0.283. The average molecular weight is 274 g/mol. The molecule has 1 heterocycles.